The van der Waals surface area contributed by atoms with Crippen molar-refractivity contribution in [1.82, 2.24) is 14.8 Å². The number of aryl methyl sites for hydroxylation is 1. The summed E-state index contributed by atoms with van der Waals surface area (Å²) < 4.78 is 12.6. The van der Waals surface area contributed by atoms with E-state index in [0.29, 0.717) is 18.4 Å². The molecule has 3 aromatic rings. The molecule has 3 rings (SSSR count). The third-order valence-electron chi connectivity index (χ3n) is 4.44. The molecule has 0 bridgehead atoms. The maximum Gasteiger partial charge on any atom is 0.336 e. The van der Waals surface area contributed by atoms with Crippen LogP contribution in [-0.2, 0) is 4.74 Å². The van der Waals surface area contributed by atoms with Gasteiger partial charge in [-0.3, -0.25) is 0 Å². The molecule has 2 N–H and O–H groups in total. The normalized spacial score (nSPS) is 12.6. The first-order chi connectivity index (χ1) is 14.2. The lowest BCUT2D eigenvalue weighted by Crippen LogP contribution is -2.30. The zero-order valence-electron chi connectivity index (χ0n) is 18.2. The van der Waals surface area contributed by atoms with Crippen LogP contribution in [0.4, 0.5) is 5.69 Å². The van der Waals surface area contributed by atoms with Crippen molar-refractivity contribution in [2.24, 2.45) is 0 Å². The summed E-state index contributed by atoms with van der Waals surface area (Å²) >= 11 is 0. The van der Waals surface area contributed by atoms with Gasteiger partial charge in [0.25, 0.3) is 0 Å². The number of nitrogens with zero attached hydrogens (tertiary/aromatic N) is 3. The van der Waals surface area contributed by atoms with E-state index in [1.54, 1.807) is 11.8 Å². The minimum absolute atomic E-state index is 0.267. The second-order valence-corrected chi connectivity index (χ2v) is 8.20. The maximum atomic E-state index is 10.1. The van der Waals surface area contributed by atoms with E-state index in [4.69, 9.17) is 9.47 Å². The zero-order chi connectivity index (χ0) is 21.7. The van der Waals surface area contributed by atoms with Gasteiger partial charge in [-0.05, 0) is 52.0 Å². The fraction of sp³-hybridized carbons (Fsp3) is 0.391. The summed E-state index contributed by atoms with van der Waals surface area (Å²) in [5, 5.41) is 17.8. The van der Waals surface area contributed by atoms with Gasteiger partial charge in [-0.2, -0.15) is 4.98 Å². The van der Waals surface area contributed by atoms with Crippen LogP contribution in [0.15, 0.2) is 48.5 Å². The van der Waals surface area contributed by atoms with Crippen molar-refractivity contribution in [1.29, 1.82) is 0 Å². The Morgan fingerprint density at radius 2 is 1.73 bits per heavy atom. The van der Waals surface area contributed by atoms with Gasteiger partial charge in [-0.15, -0.1) is 5.10 Å². The molecule has 160 valence electrons. The van der Waals surface area contributed by atoms with Crippen LogP contribution in [0.1, 0.15) is 26.3 Å². The molecule has 0 radical (unpaired) electrons. The number of hydrogen-bond acceptors (Lipinski definition) is 6. The molecule has 0 saturated heterocycles. The molecule has 0 unspecified atom stereocenters. The fourth-order valence-electron chi connectivity index (χ4n) is 2.81. The Hall–Kier alpha value is -2.90. The van der Waals surface area contributed by atoms with Gasteiger partial charge in [0.05, 0.1) is 31.1 Å². The molecule has 0 aliphatic carbocycles. The van der Waals surface area contributed by atoms with E-state index in [1.807, 2.05) is 76.2 Å². The zero-order valence-corrected chi connectivity index (χ0v) is 18.2. The Morgan fingerprint density at radius 3 is 2.33 bits per heavy atom. The standard InChI is InChI=1S/C23H30N4O3/c1-16-6-8-17(9-7-16)21-25-22(29-5)26-27(21)19-12-10-18(11-13-19)24-14-20(28)15-30-23(2,3)4/h6-13,20,24,28H,14-15H2,1-5H3/t20-/m1/s1. The average Bonchev–Trinajstić information content (AvgIpc) is 3.15. The molecule has 0 amide bonds. The molecule has 0 fully saturated rings. The summed E-state index contributed by atoms with van der Waals surface area (Å²) in [5.74, 6) is 0.710. The summed E-state index contributed by atoms with van der Waals surface area (Å²) in [6.45, 7) is 8.64. The van der Waals surface area contributed by atoms with Gasteiger partial charge >= 0.3 is 6.01 Å². The average molecular weight is 411 g/mol. The number of anilines is 1. The first-order valence-corrected chi connectivity index (χ1v) is 9.99. The Labute approximate surface area is 177 Å². The second-order valence-electron chi connectivity index (χ2n) is 8.20. The van der Waals surface area contributed by atoms with Crippen molar-refractivity contribution in [3.05, 3.63) is 54.1 Å². The van der Waals surface area contributed by atoms with Gasteiger partial charge in [0.2, 0.25) is 0 Å². The lowest BCUT2D eigenvalue weighted by atomic mass is 10.1. The molecule has 2 aromatic carbocycles. The summed E-state index contributed by atoms with van der Waals surface area (Å²) in [6, 6.07) is 16.2. The van der Waals surface area contributed by atoms with Crippen LogP contribution in [0, 0.1) is 6.92 Å². The van der Waals surface area contributed by atoms with E-state index in [-0.39, 0.29) is 12.2 Å². The number of aliphatic hydroxyl groups is 1. The topological polar surface area (TPSA) is 81.4 Å². The highest BCUT2D eigenvalue weighted by Crippen LogP contribution is 2.24. The monoisotopic (exact) mass is 410 g/mol. The summed E-state index contributed by atoms with van der Waals surface area (Å²) in [7, 11) is 1.56. The third kappa shape index (κ3) is 5.81. The summed E-state index contributed by atoms with van der Waals surface area (Å²) in [4.78, 5) is 4.49. The quantitative estimate of drug-likeness (QED) is 0.587. The maximum absolute atomic E-state index is 10.1. The minimum atomic E-state index is -0.586. The largest absolute Gasteiger partial charge is 0.466 e. The van der Waals surface area contributed by atoms with Gasteiger partial charge in [0.15, 0.2) is 5.82 Å². The second kappa shape index (κ2) is 9.28. The highest BCUT2D eigenvalue weighted by atomic mass is 16.5. The summed E-state index contributed by atoms with van der Waals surface area (Å²) in [5.41, 5.74) is 3.64. The minimum Gasteiger partial charge on any atom is -0.466 e. The molecule has 0 saturated carbocycles. The molecular weight excluding hydrogens is 380 g/mol. The van der Waals surface area contributed by atoms with Crippen LogP contribution in [-0.4, -0.2) is 51.8 Å². The van der Waals surface area contributed by atoms with Gasteiger partial charge < -0.3 is 19.9 Å². The summed E-state index contributed by atoms with van der Waals surface area (Å²) in [6.07, 6.45) is -0.586. The van der Waals surface area contributed by atoms with Crippen LogP contribution in [0.5, 0.6) is 6.01 Å². The smallest absolute Gasteiger partial charge is 0.336 e. The van der Waals surface area contributed by atoms with Crippen LogP contribution in [0.3, 0.4) is 0 Å². The van der Waals surface area contributed by atoms with Crippen LogP contribution >= 0.6 is 0 Å². The number of ether oxygens (including phenoxy) is 2. The molecular formula is C23H30N4O3. The number of methoxy groups -OCH3 is 1. The molecule has 1 heterocycles. The number of hydrogen-bond donors (Lipinski definition) is 2. The molecule has 0 spiro atoms. The molecule has 1 aromatic heterocycles. The molecule has 0 aliphatic heterocycles. The number of aliphatic hydroxyl groups excluding tert-OH is 1. The number of aromatic nitrogens is 3. The van der Waals surface area contributed by atoms with Gasteiger partial charge in [0, 0.05) is 17.8 Å². The lowest BCUT2D eigenvalue weighted by molar-refractivity contribution is -0.0449. The Bertz CT molecular complexity index is 944. The predicted molar refractivity (Wildman–Crippen MR) is 118 cm³/mol. The van der Waals surface area contributed by atoms with Crippen molar-refractivity contribution in [2.75, 3.05) is 25.6 Å². The van der Waals surface area contributed by atoms with Crippen molar-refractivity contribution < 1.29 is 14.6 Å². The van der Waals surface area contributed by atoms with Crippen molar-refractivity contribution in [3.8, 4) is 23.1 Å². The highest BCUT2D eigenvalue weighted by Gasteiger charge is 2.15. The van der Waals surface area contributed by atoms with Gasteiger partial charge in [0.1, 0.15) is 0 Å². The Balaban J connectivity index is 1.72. The van der Waals surface area contributed by atoms with Gasteiger partial charge in [-0.25, -0.2) is 4.68 Å². The van der Waals surface area contributed by atoms with Gasteiger partial charge in [-0.1, -0.05) is 29.8 Å². The van der Waals surface area contributed by atoms with E-state index in [1.165, 1.54) is 5.56 Å². The number of rotatable bonds is 8. The van der Waals surface area contributed by atoms with E-state index < -0.39 is 6.10 Å². The highest BCUT2D eigenvalue weighted by molar-refractivity contribution is 5.60. The first-order valence-electron chi connectivity index (χ1n) is 9.99. The van der Waals surface area contributed by atoms with E-state index in [9.17, 15) is 5.11 Å². The fourth-order valence-corrected chi connectivity index (χ4v) is 2.81. The van der Waals surface area contributed by atoms with Crippen molar-refractivity contribution in [2.45, 2.75) is 39.4 Å². The van der Waals surface area contributed by atoms with Crippen LogP contribution in [0.25, 0.3) is 17.1 Å². The Kier molecular flexibility index (Phi) is 6.74. The van der Waals surface area contributed by atoms with E-state index >= 15 is 0 Å². The Morgan fingerprint density at radius 1 is 1.07 bits per heavy atom. The molecule has 0 aliphatic rings. The lowest BCUT2D eigenvalue weighted by Gasteiger charge is -2.22. The molecule has 7 heteroatoms. The number of benzene rings is 2. The van der Waals surface area contributed by atoms with Crippen molar-refractivity contribution >= 4 is 5.69 Å². The molecule has 30 heavy (non-hydrogen) atoms. The number of nitrogens with one attached hydrogen (secondary N) is 1. The first kappa shape index (κ1) is 21.8. The molecule has 7 nitrogen and oxygen atoms in total. The predicted octanol–water partition coefficient (Wildman–Crippen LogP) is 3.84. The SMILES string of the molecule is COc1nc(-c2ccc(C)cc2)n(-c2ccc(NC[C@@H](O)COC(C)(C)C)cc2)n1. The van der Waals surface area contributed by atoms with E-state index in [2.05, 4.69) is 15.4 Å². The van der Waals surface area contributed by atoms with Crippen molar-refractivity contribution in [3.63, 3.8) is 0 Å². The van der Waals surface area contributed by atoms with E-state index in [0.717, 1.165) is 16.9 Å². The third-order valence-corrected chi connectivity index (χ3v) is 4.44. The van der Waals surface area contributed by atoms with Crippen LogP contribution < -0.4 is 10.1 Å². The molecule has 1 atom stereocenters. The van der Waals surface area contributed by atoms with Crippen LogP contribution in [0.2, 0.25) is 0 Å².